The summed E-state index contributed by atoms with van der Waals surface area (Å²) in [6, 6.07) is 38.3. The molecule has 1 aromatic heterocycles. The lowest BCUT2D eigenvalue weighted by molar-refractivity contribution is -0.134. The number of likely N-dealkylation sites (tertiary alicyclic amines) is 1. The standard InChI is InChI=1S/C56H58Cl2N8O5/c1-35(2)71-50-31-44(70-3)16-17-46(50)55-62-52(37-7-12-41(57)13-8-37)53(38-9-14-42(58)15-10-38)66(55)56(69)65-28-27-63(51(68)33-65)26-24-60-43-6-4-5-39(29-43)40-11-18-48-47(30-40)54-45(49(34-67)61-48)21-25-64(54)32-36-19-22-59-23-20-36/h4-20,22-23,29-31,35,45,49,52-54,60-61,67H,21,24-28,32-34H2,1-3H3/t45-,49-,52-,53+,54-/m1/s1. The third-order valence-electron chi connectivity index (χ3n) is 14.1. The van der Waals surface area contributed by atoms with Crippen LogP contribution in [0.1, 0.15) is 66.2 Å². The number of pyridine rings is 1. The fraction of sp³-hybridized carbons (Fsp3) is 0.321. The first-order valence-electron chi connectivity index (χ1n) is 24.3. The molecule has 5 aromatic carbocycles. The molecule has 0 aliphatic carbocycles. The lowest BCUT2D eigenvalue weighted by Crippen LogP contribution is -2.57. The van der Waals surface area contributed by atoms with Gasteiger partial charge in [0.15, 0.2) is 0 Å². The van der Waals surface area contributed by atoms with Crippen molar-refractivity contribution in [1.82, 2.24) is 24.6 Å². The number of amides is 3. The molecule has 3 amide bonds. The first kappa shape index (κ1) is 48.0. The Morgan fingerprint density at radius 3 is 2.32 bits per heavy atom. The number of aliphatic hydroxyl groups excluding tert-OH is 1. The van der Waals surface area contributed by atoms with Gasteiger partial charge in [-0.3, -0.25) is 24.6 Å². The Bertz CT molecular complexity index is 2900. The highest BCUT2D eigenvalue weighted by Gasteiger charge is 2.46. The maximum atomic E-state index is 15.2. The molecule has 366 valence electrons. The molecule has 4 aliphatic rings. The molecule has 0 spiro atoms. The van der Waals surface area contributed by atoms with E-state index in [2.05, 4.69) is 69.0 Å². The van der Waals surface area contributed by atoms with E-state index in [1.165, 1.54) is 11.1 Å². The van der Waals surface area contributed by atoms with Crippen molar-refractivity contribution < 1.29 is 24.2 Å². The molecule has 15 heteroatoms. The van der Waals surface area contributed by atoms with Gasteiger partial charge in [0.2, 0.25) is 5.91 Å². The number of hydrogen-bond acceptors (Lipinski definition) is 10. The average molecular weight is 994 g/mol. The molecular weight excluding hydrogens is 936 g/mol. The number of carbonyl (C=O) groups is 2. The summed E-state index contributed by atoms with van der Waals surface area (Å²) in [5, 5.41) is 18.7. The van der Waals surface area contributed by atoms with Crippen LogP contribution in [0.2, 0.25) is 10.0 Å². The summed E-state index contributed by atoms with van der Waals surface area (Å²) in [6.45, 7) is 7.34. The van der Waals surface area contributed by atoms with Gasteiger partial charge >= 0.3 is 6.03 Å². The Balaban J connectivity index is 0.849. The van der Waals surface area contributed by atoms with E-state index in [9.17, 15) is 9.90 Å². The number of methoxy groups -OCH3 is 1. The summed E-state index contributed by atoms with van der Waals surface area (Å²) < 4.78 is 11.9. The summed E-state index contributed by atoms with van der Waals surface area (Å²) in [6.07, 6.45) is 4.52. The number of fused-ring (bicyclic) bond motifs is 3. The van der Waals surface area contributed by atoms with Gasteiger partial charge in [-0.15, -0.1) is 0 Å². The minimum atomic E-state index is -0.596. The summed E-state index contributed by atoms with van der Waals surface area (Å²) in [7, 11) is 1.60. The minimum absolute atomic E-state index is 0.000572. The molecule has 71 heavy (non-hydrogen) atoms. The molecule has 2 saturated heterocycles. The molecule has 10 rings (SSSR count). The number of carbonyl (C=O) groups excluding carboxylic acids is 2. The zero-order valence-electron chi connectivity index (χ0n) is 40.0. The fourth-order valence-corrected chi connectivity index (χ4v) is 10.9. The fourth-order valence-electron chi connectivity index (χ4n) is 10.7. The van der Waals surface area contributed by atoms with Gasteiger partial charge in [0.25, 0.3) is 0 Å². The van der Waals surface area contributed by atoms with E-state index < -0.39 is 12.1 Å². The molecule has 13 nitrogen and oxygen atoms in total. The number of hydrogen-bond donors (Lipinski definition) is 3. The SMILES string of the molecule is COc1ccc(C2=N[C@H](c3ccc(Cl)cc3)[C@H](c3ccc(Cl)cc3)N2C(=O)N2CCN(CCNc3cccc(-c4ccc5c(c4)[C@H]4[C@H](CCN4Cc4ccncc4)[C@@H](CO)N5)c3)C(=O)C2)c(OC(C)C)c1. The van der Waals surface area contributed by atoms with Gasteiger partial charge in [-0.05, 0) is 133 Å². The number of rotatable bonds is 14. The number of amidine groups is 1. The summed E-state index contributed by atoms with van der Waals surface area (Å²) >= 11 is 12.8. The largest absolute Gasteiger partial charge is 0.497 e. The topological polar surface area (TPSA) is 135 Å². The first-order chi connectivity index (χ1) is 34.5. The second-order valence-electron chi connectivity index (χ2n) is 18.9. The highest BCUT2D eigenvalue weighted by Crippen LogP contribution is 2.49. The molecule has 0 bridgehead atoms. The van der Waals surface area contributed by atoms with Crippen molar-refractivity contribution in [1.29, 1.82) is 0 Å². The van der Waals surface area contributed by atoms with Crippen molar-refractivity contribution in [3.8, 4) is 22.6 Å². The second-order valence-corrected chi connectivity index (χ2v) is 19.8. The van der Waals surface area contributed by atoms with E-state index in [1.54, 1.807) is 16.9 Å². The monoisotopic (exact) mass is 992 g/mol. The summed E-state index contributed by atoms with van der Waals surface area (Å²) in [5.74, 6) is 1.69. The Morgan fingerprint density at radius 1 is 0.859 bits per heavy atom. The van der Waals surface area contributed by atoms with Gasteiger partial charge in [-0.2, -0.15) is 0 Å². The summed E-state index contributed by atoms with van der Waals surface area (Å²) in [4.78, 5) is 46.5. The maximum absolute atomic E-state index is 15.2. The van der Waals surface area contributed by atoms with Crippen molar-refractivity contribution in [3.05, 3.63) is 172 Å². The van der Waals surface area contributed by atoms with Gasteiger partial charge in [0.05, 0.1) is 37.5 Å². The number of aliphatic hydroxyl groups is 1. The van der Waals surface area contributed by atoms with Crippen LogP contribution >= 0.6 is 23.2 Å². The molecule has 4 aliphatic heterocycles. The third-order valence-corrected chi connectivity index (χ3v) is 14.6. The quantitative estimate of drug-likeness (QED) is 0.0975. The van der Waals surface area contributed by atoms with Crippen LogP contribution in [0, 0.1) is 5.92 Å². The van der Waals surface area contributed by atoms with E-state index in [-0.39, 0.29) is 43.3 Å². The van der Waals surface area contributed by atoms with E-state index in [0.29, 0.717) is 65.0 Å². The number of ether oxygens (including phenoxy) is 2. The number of aromatic nitrogens is 1. The van der Waals surface area contributed by atoms with E-state index in [4.69, 9.17) is 37.7 Å². The number of piperazine rings is 1. The van der Waals surface area contributed by atoms with E-state index in [1.807, 2.05) is 104 Å². The highest BCUT2D eigenvalue weighted by molar-refractivity contribution is 6.30. The zero-order chi connectivity index (χ0) is 49.2. The normalized spacial score (nSPS) is 20.9. The number of urea groups is 1. The maximum Gasteiger partial charge on any atom is 0.326 e. The minimum Gasteiger partial charge on any atom is -0.497 e. The number of nitrogens with zero attached hydrogens (tertiary/aromatic N) is 6. The molecule has 0 saturated carbocycles. The average Bonchev–Trinajstić information content (AvgIpc) is 3.99. The van der Waals surface area contributed by atoms with E-state index in [0.717, 1.165) is 53.1 Å². The van der Waals surface area contributed by atoms with Crippen molar-refractivity contribution in [3.63, 3.8) is 0 Å². The van der Waals surface area contributed by atoms with Gasteiger partial charge < -0.3 is 35.0 Å². The lowest BCUT2D eigenvalue weighted by atomic mass is 9.82. The van der Waals surface area contributed by atoms with Gasteiger partial charge in [-0.1, -0.05) is 65.7 Å². The predicted molar refractivity (Wildman–Crippen MR) is 279 cm³/mol. The van der Waals surface area contributed by atoms with Gasteiger partial charge in [0.1, 0.15) is 29.9 Å². The van der Waals surface area contributed by atoms with E-state index >= 15 is 4.79 Å². The van der Waals surface area contributed by atoms with Crippen molar-refractivity contribution in [2.75, 3.05) is 63.6 Å². The lowest BCUT2D eigenvalue weighted by Gasteiger charge is -2.39. The van der Waals surface area contributed by atoms with Crippen LogP contribution in [0.4, 0.5) is 16.2 Å². The number of halogens is 2. The van der Waals surface area contributed by atoms with Crippen molar-refractivity contribution in [2.45, 2.75) is 57.1 Å². The molecule has 0 radical (unpaired) electrons. The number of benzene rings is 5. The Kier molecular flexibility index (Phi) is 14.2. The van der Waals surface area contributed by atoms with Gasteiger partial charge in [0, 0.05) is 84.6 Å². The predicted octanol–water partition coefficient (Wildman–Crippen LogP) is 10.1. The molecular formula is C56H58Cl2N8O5. The zero-order valence-corrected chi connectivity index (χ0v) is 41.6. The number of anilines is 2. The molecule has 5 heterocycles. The number of nitrogens with one attached hydrogen (secondary N) is 2. The first-order valence-corrected chi connectivity index (χ1v) is 25.1. The molecule has 6 aromatic rings. The Labute approximate surface area is 425 Å². The highest BCUT2D eigenvalue weighted by atomic mass is 35.5. The molecule has 0 unspecified atom stereocenters. The van der Waals surface area contributed by atoms with Crippen molar-refractivity contribution in [2.24, 2.45) is 10.9 Å². The molecule has 5 atom stereocenters. The van der Waals surface area contributed by atoms with Crippen LogP contribution in [-0.2, 0) is 11.3 Å². The third kappa shape index (κ3) is 10.1. The van der Waals surface area contributed by atoms with Crippen molar-refractivity contribution >= 4 is 52.4 Å². The van der Waals surface area contributed by atoms with Crippen LogP contribution in [-0.4, -0.2) is 113 Å². The van der Waals surface area contributed by atoms with Gasteiger partial charge in [-0.25, -0.2) is 4.79 Å². The Morgan fingerprint density at radius 2 is 1.61 bits per heavy atom. The van der Waals surface area contributed by atoms with Crippen LogP contribution in [0.3, 0.4) is 0 Å². The summed E-state index contributed by atoms with van der Waals surface area (Å²) in [5.41, 5.74) is 8.99. The molecule has 2 fully saturated rings. The Hall–Kier alpha value is -6.64. The van der Waals surface area contributed by atoms with Crippen LogP contribution < -0.4 is 20.1 Å². The smallest absolute Gasteiger partial charge is 0.326 e. The van der Waals surface area contributed by atoms with Crippen LogP contribution in [0.5, 0.6) is 11.5 Å². The molecule has 3 N–H and O–H groups in total. The van der Waals surface area contributed by atoms with Crippen LogP contribution in [0.15, 0.2) is 139 Å². The number of aliphatic imine (C=N–C) groups is 1. The second kappa shape index (κ2) is 21.0. The van der Waals surface area contributed by atoms with Crippen LogP contribution in [0.25, 0.3) is 11.1 Å².